The smallest absolute Gasteiger partial charge is 0.353 e. The van der Waals surface area contributed by atoms with E-state index in [1.807, 2.05) is 11.0 Å². The molecule has 0 amide bonds. The van der Waals surface area contributed by atoms with Crippen molar-refractivity contribution in [1.29, 1.82) is 0 Å². The summed E-state index contributed by atoms with van der Waals surface area (Å²) in [5.74, 6) is 0.595. The molecule has 5 heteroatoms. The van der Waals surface area contributed by atoms with Gasteiger partial charge in [0.2, 0.25) is 0 Å². The predicted octanol–water partition coefficient (Wildman–Crippen LogP) is 2.87. The van der Waals surface area contributed by atoms with Gasteiger partial charge in [0.25, 0.3) is 0 Å². The summed E-state index contributed by atoms with van der Waals surface area (Å²) in [5.41, 5.74) is -0.705. The van der Waals surface area contributed by atoms with Crippen molar-refractivity contribution in [2.24, 2.45) is 0 Å². The molecule has 0 spiro atoms. The van der Waals surface area contributed by atoms with Gasteiger partial charge in [0.05, 0.1) is 5.56 Å². The number of halogens is 3. The van der Waals surface area contributed by atoms with Gasteiger partial charge in [-0.15, -0.1) is 0 Å². The molecule has 0 N–H and O–H groups in total. The third-order valence-electron chi connectivity index (χ3n) is 2.46. The zero-order valence-corrected chi connectivity index (χ0v) is 8.54. The van der Waals surface area contributed by atoms with E-state index in [9.17, 15) is 13.2 Å². The van der Waals surface area contributed by atoms with E-state index in [1.165, 1.54) is 6.07 Å². The lowest BCUT2D eigenvalue weighted by Gasteiger charge is -2.24. The normalized spacial score (nSPS) is 16.6. The van der Waals surface area contributed by atoms with E-state index in [0.29, 0.717) is 12.4 Å². The SMILES string of the molecule is FC(F)(F)c1ccc(N2CC=CCC2)nc1. The van der Waals surface area contributed by atoms with Crippen LogP contribution in [0.4, 0.5) is 19.0 Å². The average Bonchev–Trinajstić information content (AvgIpc) is 2.29. The first-order valence-electron chi connectivity index (χ1n) is 5.00. The Bertz CT molecular complexity index is 381. The third kappa shape index (κ3) is 2.35. The van der Waals surface area contributed by atoms with Gasteiger partial charge < -0.3 is 4.90 Å². The Morgan fingerprint density at radius 2 is 2.00 bits per heavy atom. The van der Waals surface area contributed by atoms with E-state index in [4.69, 9.17) is 0 Å². The van der Waals surface area contributed by atoms with Crippen LogP contribution in [0.15, 0.2) is 30.5 Å². The van der Waals surface area contributed by atoms with Crippen molar-refractivity contribution < 1.29 is 13.2 Å². The molecule has 0 aliphatic carbocycles. The fourth-order valence-corrected chi connectivity index (χ4v) is 1.59. The average molecular weight is 228 g/mol. The minimum atomic E-state index is -4.31. The van der Waals surface area contributed by atoms with Gasteiger partial charge in [-0.2, -0.15) is 13.2 Å². The van der Waals surface area contributed by atoms with E-state index in [1.54, 1.807) is 0 Å². The number of hydrogen-bond acceptors (Lipinski definition) is 2. The standard InChI is InChI=1S/C11H11F3N2/c12-11(13,14)9-4-5-10(15-8-9)16-6-2-1-3-7-16/h1-2,4-5,8H,3,6-7H2. The fourth-order valence-electron chi connectivity index (χ4n) is 1.59. The summed E-state index contributed by atoms with van der Waals surface area (Å²) in [6.07, 6.45) is 1.52. The number of alkyl halides is 3. The second-order valence-corrected chi connectivity index (χ2v) is 3.61. The van der Waals surface area contributed by atoms with E-state index in [0.717, 1.165) is 25.2 Å². The molecule has 1 aliphatic rings. The summed E-state index contributed by atoms with van der Waals surface area (Å²) in [6.45, 7) is 1.51. The van der Waals surface area contributed by atoms with Gasteiger partial charge in [0, 0.05) is 19.3 Å². The van der Waals surface area contributed by atoms with E-state index >= 15 is 0 Å². The Kier molecular flexibility index (Phi) is 2.85. The molecule has 0 fully saturated rings. The van der Waals surface area contributed by atoms with Crippen LogP contribution in [0.25, 0.3) is 0 Å². The molecule has 0 aromatic carbocycles. The number of rotatable bonds is 1. The second kappa shape index (κ2) is 4.15. The Hall–Kier alpha value is -1.52. The summed E-state index contributed by atoms with van der Waals surface area (Å²) in [6, 6.07) is 2.49. The first kappa shape index (κ1) is 11.0. The number of aromatic nitrogens is 1. The van der Waals surface area contributed by atoms with Gasteiger partial charge in [0.15, 0.2) is 0 Å². The van der Waals surface area contributed by atoms with Crippen LogP contribution in [0.2, 0.25) is 0 Å². The molecule has 0 unspecified atom stereocenters. The molecular formula is C11H11F3N2. The monoisotopic (exact) mass is 228 g/mol. The van der Waals surface area contributed by atoms with Gasteiger partial charge in [-0.05, 0) is 18.6 Å². The number of hydrogen-bond donors (Lipinski definition) is 0. The molecular weight excluding hydrogens is 217 g/mol. The summed E-state index contributed by atoms with van der Waals surface area (Å²) >= 11 is 0. The third-order valence-corrected chi connectivity index (χ3v) is 2.46. The van der Waals surface area contributed by atoms with Crippen LogP contribution in [-0.2, 0) is 6.18 Å². The van der Waals surface area contributed by atoms with Crippen molar-refractivity contribution in [2.75, 3.05) is 18.0 Å². The molecule has 16 heavy (non-hydrogen) atoms. The zero-order chi connectivity index (χ0) is 11.6. The molecule has 0 saturated heterocycles. The van der Waals surface area contributed by atoms with E-state index in [-0.39, 0.29) is 0 Å². The van der Waals surface area contributed by atoms with Gasteiger partial charge in [-0.3, -0.25) is 0 Å². The molecule has 0 atom stereocenters. The van der Waals surface area contributed by atoms with Crippen LogP contribution >= 0.6 is 0 Å². The Balaban J connectivity index is 2.16. The Morgan fingerprint density at radius 1 is 1.19 bits per heavy atom. The first-order chi connectivity index (χ1) is 7.57. The van der Waals surface area contributed by atoms with Crippen molar-refractivity contribution in [1.82, 2.24) is 4.98 Å². The van der Waals surface area contributed by atoms with Gasteiger partial charge in [0.1, 0.15) is 5.82 Å². The summed E-state index contributed by atoms with van der Waals surface area (Å²) in [7, 11) is 0. The molecule has 1 aliphatic heterocycles. The molecule has 0 radical (unpaired) electrons. The molecule has 2 nitrogen and oxygen atoms in total. The summed E-state index contributed by atoms with van der Waals surface area (Å²) in [4.78, 5) is 5.79. The topological polar surface area (TPSA) is 16.1 Å². The molecule has 1 aromatic rings. The maximum Gasteiger partial charge on any atom is 0.417 e. The molecule has 0 saturated carbocycles. The van der Waals surface area contributed by atoms with Crippen molar-refractivity contribution in [3.63, 3.8) is 0 Å². The van der Waals surface area contributed by atoms with Crippen LogP contribution in [0.1, 0.15) is 12.0 Å². The highest BCUT2D eigenvalue weighted by Gasteiger charge is 2.30. The minimum Gasteiger partial charge on any atom is -0.353 e. The maximum atomic E-state index is 12.3. The molecule has 0 bridgehead atoms. The van der Waals surface area contributed by atoms with Crippen molar-refractivity contribution in [3.05, 3.63) is 36.0 Å². The zero-order valence-electron chi connectivity index (χ0n) is 8.54. The van der Waals surface area contributed by atoms with Crippen LogP contribution < -0.4 is 4.90 Å². The molecule has 2 rings (SSSR count). The van der Waals surface area contributed by atoms with E-state index in [2.05, 4.69) is 11.1 Å². The van der Waals surface area contributed by atoms with Crippen LogP contribution in [0.5, 0.6) is 0 Å². The molecule has 2 heterocycles. The summed E-state index contributed by atoms with van der Waals surface area (Å²) < 4.78 is 36.9. The number of anilines is 1. The molecule has 86 valence electrons. The Labute approximate surface area is 91.4 Å². The predicted molar refractivity (Wildman–Crippen MR) is 55.2 cm³/mol. The van der Waals surface area contributed by atoms with Gasteiger partial charge >= 0.3 is 6.18 Å². The van der Waals surface area contributed by atoms with Crippen molar-refractivity contribution >= 4 is 5.82 Å². The lowest BCUT2D eigenvalue weighted by atomic mass is 10.2. The van der Waals surface area contributed by atoms with Crippen molar-refractivity contribution in [2.45, 2.75) is 12.6 Å². The van der Waals surface area contributed by atoms with Crippen molar-refractivity contribution in [3.8, 4) is 0 Å². The second-order valence-electron chi connectivity index (χ2n) is 3.61. The quantitative estimate of drug-likeness (QED) is 0.687. The van der Waals surface area contributed by atoms with Gasteiger partial charge in [-0.1, -0.05) is 12.2 Å². The highest BCUT2D eigenvalue weighted by atomic mass is 19.4. The fraction of sp³-hybridized carbons (Fsp3) is 0.364. The highest BCUT2D eigenvalue weighted by molar-refractivity contribution is 5.41. The Morgan fingerprint density at radius 3 is 2.50 bits per heavy atom. The summed E-state index contributed by atoms with van der Waals surface area (Å²) in [5, 5.41) is 0. The molecule has 1 aromatic heterocycles. The number of pyridine rings is 1. The lowest BCUT2D eigenvalue weighted by molar-refractivity contribution is -0.137. The van der Waals surface area contributed by atoms with Crippen LogP contribution in [-0.4, -0.2) is 18.1 Å². The van der Waals surface area contributed by atoms with E-state index < -0.39 is 11.7 Å². The lowest BCUT2D eigenvalue weighted by Crippen LogP contribution is -2.27. The number of nitrogens with zero attached hydrogens (tertiary/aromatic N) is 2. The van der Waals surface area contributed by atoms with Gasteiger partial charge in [-0.25, -0.2) is 4.98 Å². The maximum absolute atomic E-state index is 12.3. The highest BCUT2D eigenvalue weighted by Crippen LogP contribution is 2.29. The van der Waals surface area contributed by atoms with Crippen LogP contribution in [0.3, 0.4) is 0 Å². The largest absolute Gasteiger partial charge is 0.417 e. The first-order valence-corrected chi connectivity index (χ1v) is 5.00. The minimum absolute atomic E-state index is 0.595. The van der Waals surface area contributed by atoms with Crippen LogP contribution in [0, 0.1) is 0 Å².